The Morgan fingerprint density at radius 3 is 2.71 bits per heavy atom. The number of hydrogen-bond acceptors (Lipinski definition) is 4. The summed E-state index contributed by atoms with van der Waals surface area (Å²) in [6.45, 7) is 7.79. The van der Waals surface area contributed by atoms with Crippen molar-refractivity contribution in [1.82, 2.24) is 9.97 Å². The van der Waals surface area contributed by atoms with E-state index in [4.69, 9.17) is 0 Å². The van der Waals surface area contributed by atoms with Crippen LogP contribution in [-0.4, -0.2) is 27.2 Å². The lowest BCUT2D eigenvalue weighted by Gasteiger charge is -2.27. The van der Waals surface area contributed by atoms with Crippen LogP contribution in [0.5, 0.6) is 0 Å². The summed E-state index contributed by atoms with van der Waals surface area (Å²) >= 11 is 0. The van der Waals surface area contributed by atoms with Crippen LogP contribution in [0, 0.1) is 0 Å². The maximum Gasteiger partial charge on any atom is 0.252 e. The van der Waals surface area contributed by atoms with Crippen LogP contribution in [0.3, 0.4) is 0 Å². The average molecular weight is 239 g/mol. The zero-order valence-corrected chi connectivity index (χ0v) is 10.9. The van der Waals surface area contributed by atoms with E-state index in [-0.39, 0.29) is 18.1 Å². The smallest absolute Gasteiger partial charge is 0.252 e. The van der Waals surface area contributed by atoms with Crippen LogP contribution in [0.15, 0.2) is 10.9 Å². The summed E-state index contributed by atoms with van der Waals surface area (Å²) in [5.74, 6) is 1.32. The minimum absolute atomic E-state index is 0.00497. The van der Waals surface area contributed by atoms with Gasteiger partial charge in [-0.25, -0.2) is 4.98 Å². The van der Waals surface area contributed by atoms with Crippen molar-refractivity contribution in [2.75, 3.05) is 11.9 Å². The van der Waals surface area contributed by atoms with Crippen LogP contribution in [0.25, 0.3) is 0 Å². The molecule has 17 heavy (non-hydrogen) atoms. The van der Waals surface area contributed by atoms with Gasteiger partial charge in [0.1, 0.15) is 11.6 Å². The highest BCUT2D eigenvalue weighted by atomic mass is 16.3. The number of aromatic amines is 1. The molecule has 1 unspecified atom stereocenters. The standard InChI is InChI=1S/C12H21N3O2/c1-5-12(4,7-16)15-9-6-10(17)14-11(13-9)8(2)3/h6,8,16H,5,7H2,1-4H3,(H2,13,14,15,17). The molecule has 0 spiro atoms. The number of aliphatic hydroxyl groups excluding tert-OH is 1. The Morgan fingerprint density at radius 2 is 2.24 bits per heavy atom. The summed E-state index contributed by atoms with van der Waals surface area (Å²) in [6.07, 6.45) is 0.745. The third-order valence-corrected chi connectivity index (χ3v) is 2.87. The molecule has 0 aliphatic heterocycles. The first-order chi connectivity index (χ1) is 7.90. The van der Waals surface area contributed by atoms with Crippen molar-refractivity contribution in [2.24, 2.45) is 0 Å². The SMILES string of the molecule is CCC(C)(CO)Nc1cc(=O)[nH]c(C(C)C)n1. The van der Waals surface area contributed by atoms with E-state index in [2.05, 4.69) is 15.3 Å². The first-order valence-corrected chi connectivity index (χ1v) is 5.90. The highest BCUT2D eigenvalue weighted by Crippen LogP contribution is 2.16. The largest absolute Gasteiger partial charge is 0.394 e. The van der Waals surface area contributed by atoms with Crippen molar-refractivity contribution in [1.29, 1.82) is 0 Å². The Kier molecular flexibility index (Phi) is 4.28. The van der Waals surface area contributed by atoms with Gasteiger partial charge >= 0.3 is 0 Å². The molecule has 1 aromatic heterocycles. The summed E-state index contributed by atoms with van der Waals surface area (Å²) < 4.78 is 0. The number of nitrogens with one attached hydrogen (secondary N) is 2. The monoisotopic (exact) mass is 239 g/mol. The summed E-state index contributed by atoms with van der Waals surface area (Å²) in [5.41, 5.74) is -0.628. The van der Waals surface area contributed by atoms with Gasteiger partial charge in [-0.3, -0.25) is 4.79 Å². The fraction of sp³-hybridized carbons (Fsp3) is 0.667. The van der Waals surface area contributed by atoms with Gasteiger partial charge in [0, 0.05) is 12.0 Å². The fourth-order valence-corrected chi connectivity index (χ4v) is 1.36. The first-order valence-electron chi connectivity index (χ1n) is 5.90. The molecule has 1 aromatic rings. The van der Waals surface area contributed by atoms with Crippen LogP contribution >= 0.6 is 0 Å². The van der Waals surface area contributed by atoms with Gasteiger partial charge in [-0.1, -0.05) is 20.8 Å². The molecule has 1 rings (SSSR count). The molecule has 0 aliphatic rings. The van der Waals surface area contributed by atoms with Crippen LogP contribution in [0.4, 0.5) is 5.82 Å². The van der Waals surface area contributed by atoms with E-state index < -0.39 is 5.54 Å². The lowest BCUT2D eigenvalue weighted by atomic mass is 10.0. The lowest BCUT2D eigenvalue weighted by molar-refractivity contribution is 0.218. The van der Waals surface area contributed by atoms with E-state index in [1.54, 1.807) is 0 Å². The molecule has 0 amide bonds. The van der Waals surface area contributed by atoms with Crippen molar-refractivity contribution in [3.8, 4) is 0 Å². The molecule has 1 heterocycles. The maximum absolute atomic E-state index is 11.5. The number of anilines is 1. The quantitative estimate of drug-likeness (QED) is 0.727. The molecule has 0 aliphatic carbocycles. The van der Waals surface area contributed by atoms with Crippen LogP contribution in [0.1, 0.15) is 45.9 Å². The second-order valence-electron chi connectivity index (χ2n) is 4.87. The van der Waals surface area contributed by atoms with Crippen LogP contribution in [0.2, 0.25) is 0 Å². The number of rotatable bonds is 5. The van der Waals surface area contributed by atoms with E-state index in [0.29, 0.717) is 11.6 Å². The van der Waals surface area contributed by atoms with Crippen molar-refractivity contribution in [2.45, 2.75) is 45.6 Å². The third kappa shape index (κ3) is 3.56. The van der Waals surface area contributed by atoms with E-state index in [0.717, 1.165) is 6.42 Å². The number of hydrogen-bond donors (Lipinski definition) is 3. The summed E-state index contributed by atoms with van der Waals surface area (Å²) in [7, 11) is 0. The van der Waals surface area contributed by atoms with E-state index in [9.17, 15) is 9.90 Å². The Hall–Kier alpha value is -1.36. The van der Waals surface area contributed by atoms with E-state index in [1.807, 2.05) is 27.7 Å². The highest BCUT2D eigenvalue weighted by molar-refractivity contribution is 5.36. The predicted molar refractivity (Wildman–Crippen MR) is 68.4 cm³/mol. The molecule has 0 saturated carbocycles. The van der Waals surface area contributed by atoms with E-state index >= 15 is 0 Å². The van der Waals surface area contributed by atoms with Crippen molar-refractivity contribution < 1.29 is 5.11 Å². The lowest BCUT2D eigenvalue weighted by Crippen LogP contribution is -2.38. The highest BCUT2D eigenvalue weighted by Gasteiger charge is 2.21. The van der Waals surface area contributed by atoms with Gasteiger partial charge in [0.25, 0.3) is 5.56 Å². The summed E-state index contributed by atoms with van der Waals surface area (Å²) in [4.78, 5) is 18.5. The molecule has 3 N–H and O–H groups in total. The van der Waals surface area contributed by atoms with Gasteiger partial charge in [-0.15, -0.1) is 0 Å². The maximum atomic E-state index is 11.5. The van der Waals surface area contributed by atoms with E-state index in [1.165, 1.54) is 6.07 Å². The molecular weight excluding hydrogens is 218 g/mol. The first kappa shape index (κ1) is 13.7. The molecular formula is C12H21N3O2. The molecule has 5 heteroatoms. The minimum Gasteiger partial charge on any atom is -0.394 e. The van der Waals surface area contributed by atoms with Gasteiger partial charge in [-0.2, -0.15) is 0 Å². The van der Waals surface area contributed by atoms with Gasteiger partial charge < -0.3 is 15.4 Å². The summed E-state index contributed by atoms with van der Waals surface area (Å²) in [5, 5.41) is 12.4. The molecule has 0 saturated heterocycles. The molecule has 0 fully saturated rings. The van der Waals surface area contributed by atoms with Crippen molar-refractivity contribution >= 4 is 5.82 Å². The molecule has 1 atom stereocenters. The van der Waals surface area contributed by atoms with Crippen LogP contribution < -0.4 is 10.9 Å². The number of aliphatic hydroxyl groups is 1. The normalized spacial score (nSPS) is 14.7. The van der Waals surface area contributed by atoms with Gasteiger partial charge in [-0.05, 0) is 13.3 Å². The molecule has 0 radical (unpaired) electrons. The minimum atomic E-state index is -0.449. The molecule has 0 bridgehead atoms. The Bertz CT molecular complexity index is 422. The second kappa shape index (κ2) is 5.31. The average Bonchev–Trinajstić information content (AvgIpc) is 2.28. The van der Waals surface area contributed by atoms with Gasteiger partial charge in [0.05, 0.1) is 12.1 Å². The second-order valence-corrected chi connectivity index (χ2v) is 4.87. The molecule has 5 nitrogen and oxygen atoms in total. The Morgan fingerprint density at radius 1 is 1.59 bits per heavy atom. The van der Waals surface area contributed by atoms with Gasteiger partial charge in [0.2, 0.25) is 0 Å². The number of H-pyrrole nitrogens is 1. The van der Waals surface area contributed by atoms with Crippen LogP contribution in [-0.2, 0) is 0 Å². The summed E-state index contributed by atoms with van der Waals surface area (Å²) in [6, 6.07) is 1.41. The van der Waals surface area contributed by atoms with Gasteiger partial charge in [0.15, 0.2) is 0 Å². The number of aromatic nitrogens is 2. The Labute approximate surface area is 101 Å². The predicted octanol–water partition coefficient (Wildman–Crippen LogP) is 1.47. The molecule has 0 aromatic carbocycles. The fourth-order valence-electron chi connectivity index (χ4n) is 1.36. The van der Waals surface area contributed by atoms with Crippen molar-refractivity contribution in [3.05, 3.63) is 22.2 Å². The Balaban J connectivity index is 3.03. The zero-order valence-electron chi connectivity index (χ0n) is 10.9. The molecule has 96 valence electrons. The zero-order chi connectivity index (χ0) is 13.1. The van der Waals surface area contributed by atoms with Crippen molar-refractivity contribution in [3.63, 3.8) is 0 Å². The topological polar surface area (TPSA) is 78.0 Å². The number of nitrogens with zero attached hydrogens (tertiary/aromatic N) is 1. The third-order valence-electron chi connectivity index (χ3n) is 2.87.